The Kier molecular flexibility index (Phi) is 4.84. The lowest BCUT2D eigenvalue weighted by Crippen LogP contribution is -2.19. The Morgan fingerprint density at radius 1 is 1.21 bits per heavy atom. The van der Waals surface area contributed by atoms with E-state index in [1.807, 2.05) is 11.8 Å². The van der Waals surface area contributed by atoms with E-state index in [0.717, 1.165) is 30.0 Å². The quantitative estimate of drug-likeness (QED) is 0.487. The molecule has 0 bridgehead atoms. The largest absolute Gasteiger partial charge is 0.507 e. The van der Waals surface area contributed by atoms with Gasteiger partial charge >= 0.3 is 0 Å². The van der Waals surface area contributed by atoms with Gasteiger partial charge < -0.3 is 5.11 Å². The number of phenolic OH excluding ortho intramolecular Hbond substituents is 1. The molecule has 0 atom stereocenters. The number of phenols is 1. The highest BCUT2D eigenvalue weighted by Crippen LogP contribution is 2.21. The second-order valence-corrected chi connectivity index (χ2v) is 6.75. The van der Waals surface area contributed by atoms with Crippen LogP contribution in [0.25, 0.3) is 0 Å². The molecule has 2 rings (SSSR count). The summed E-state index contributed by atoms with van der Waals surface area (Å²) in [5.74, 6) is -0.255. The molecule has 0 aliphatic heterocycles. The molecule has 24 heavy (non-hydrogen) atoms. The molecule has 0 fully saturated rings. The maximum Gasteiger partial charge on any atom is 0.276 e. The fourth-order valence-electron chi connectivity index (χ4n) is 2.07. The Balaban J connectivity index is 2.25. The number of nitrogens with one attached hydrogen (secondary N) is 1. The highest BCUT2D eigenvalue weighted by atomic mass is 32.2. The van der Waals surface area contributed by atoms with Crippen LogP contribution in [0.5, 0.6) is 5.75 Å². The molecule has 2 aromatic carbocycles. The molecule has 0 radical (unpaired) electrons. The minimum absolute atomic E-state index is 0.0209. The van der Waals surface area contributed by atoms with Gasteiger partial charge in [0.15, 0.2) is 0 Å². The zero-order valence-electron chi connectivity index (χ0n) is 12.9. The van der Waals surface area contributed by atoms with Gasteiger partial charge in [-0.15, -0.1) is 0 Å². The first-order valence-corrected chi connectivity index (χ1v) is 8.28. The number of nitrogens with zero attached hydrogens (tertiary/aromatic N) is 2. The van der Waals surface area contributed by atoms with Crippen LogP contribution in [0.3, 0.4) is 0 Å². The Hall–Kier alpha value is -2.94. The number of hydrazone groups is 1. The molecule has 0 aliphatic carbocycles. The van der Waals surface area contributed by atoms with Crippen molar-refractivity contribution in [1.82, 2.24) is 4.83 Å². The van der Waals surface area contributed by atoms with Gasteiger partial charge in [0, 0.05) is 17.7 Å². The normalized spacial score (nSPS) is 11.6. The van der Waals surface area contributed by atoms with Gasteiger partial charge in [0.2, 0.25) is 0 Å². The van der Waals surface area contributed by atoms with Gasteiger partial charge in [-0.3, -0.25) is 10.1 Å². The third-order valence-electron chi connectivity index (χ3n) is 3.22. The average Bonchev–Trinajstić information content (AvgIpc) is 2.48. The summed E-state index contributed by atoms with van der Waals surface area (Å²) < 4.78 is 24.4. The van der Waals surface area contributed by atoms with Crippen LogP contribution in [0.1, 0.15) is 16.7 Å². The average molecular weight is 349 g/mol. The molecule has 0 amide bonds. The van der Waals surface area contributed by atoms with Crippen molar-refractivity contribution >= 4 is 21.9 Å². The number of nitro benzene ring substituents is 1. The number of nitro groups is 1. The topological polar surface area (TPSA) is 122 Å². The predicted molar refractivity (Wildman–Crippen MR) is 88.6 cm³/mol. The number of aryl methyl sites for hydroxylation is 2. The Bertz CT molecular complexity index is 923. The van der Waals surface area contributed by atoms with Crippen LogP contribution >= 0.6 is 0 Å². The van der Waals surface area contributed by atoms with E-state index >= 15 is 0 Å². The highest BCUT2D eigenvalue weighted by molar-refractivity contribution is 7.89. The molecule has 0 heterocycles. The monoisotopic (exact) mass is 349 g/mol. The maximum absolute atomic E-state index is 12.2. The zero-order chi connectivity index (χ0) is 17.9. The molecule has 2 N–H and O–H groups in total. The summed E-state index contributed by atoms with van der Waals surface area (Å²) in [6.07, 6.45) is 1.00. The van der Waals surface area contributed by atoms with E-state index in [0.29, 0.717) is 5.56 Å². The van der Waals surface area contributed by atoms with Crippen molar-refractivity contribution in [3.05, 3.63) is 63.2 Å². The molecular formula is C15H15N3O5S. The van der Waals surface area contributed by atoms with E-state index in [4.69, 9.17) is 0 Å². The van der Waals surface area contributed by atoms with E-state index in [2.05, 4.69) is 5.10 Å². The van der Waals surface area contributed by atoms with E-state index in [1.54, 1.807) is 19.1 Å². The van der Waals surface area contributed by atoms with Crippen molar-refractivity contribution < 1.29 is 18.4 Å². The third kappa shape index (κ3) is 3.87. The number of hydrogen-bond acceptors (Lipinski definition) is 6. The summed E-state index contributed by atoms with van der Waals surface area (Å²) in [6, 6.07) is 8.21. The van der Waals surface area contributed by atoms with Gasteiger partial charge in [0.05, 0.1) is 16.0 Å². The molecule has 9 heteroatoms. The van der Waals surface area contributed by atoms with Crippen molar-refractivity contribution in [1.29, 1.82) is 0 Å². The molecule has 0 spiro atoms. The smallest absolute Gasteiger partial charge is 0.276 e. The van der Waals surface area contributed by atoms with E-state index < -0.39 is 14.9 Å². The Morgan fingerprint density at radius 3 is 2.54 bits per heavy atom. The molecule has 0 saturated heterocycles. The van der Waals surface area contributed by atoms with Crippen molar-refractivity contribution in [3.63, 3.8) is 0 Å². The standard InChI is InChI=1S/C15H15N3O5S/c1-10-3-6-15(11(2)7-10)24(22,23)17-16-9-12-8-13(18(20)21)4-5-14(12)19/h3-9,17,19H,1-2H3. The molecule has 0 aromatic heterocycles. The zero-order valence-corrected chi connectivity index (χ0v) is 13.7. The lowest BCUT2D eigenvalue weighted by Gasteiger charge is -2.07. The van der Waals surface area contributed by atoms with Crippen LogP contribution in [0, 0.1) is 24.0 Å². The molecule has 2 aromatic rings. The van der Waals surface area contributed by atoms with Crippen molar-refractivity contribution in [3.8, 4) is 5.75 Å². The molecule has 8 nitrogen and oxygen atoms in total. The number of rotatable bonds is 5. The van der Waals surface area contributed by atoms with E-state index in [1.165, 1.54) is 6.07 Å². The molecule has 0 unspecified atom stereocenters. The van der Waals surface area contributed by atoms with Crippen LogP contribution in [0.4, 0.5) is 5.69 Å². The van der Waals surface area contributed by atoms with Gasteiger partial charge in [-0.1, -0.05) is 17.7 Å². The first kappa shape index (κ1) is 17.4. The van der Waals surface area contributed by atoms with Gasteiger partial charge in [-0.05, 0) is 31.5 Å². The van der Waals surface area contributed by atoms with Crippen molar-refractivity contribution in [2.75, 3.05) is 0 Å². The summed E-state index contributed by atoms with van der Waals surface area (Å²) in [7, 11) is -3.88. The molecule has 0 aliphatic rings. The summed E-state index contributed by atoms with van der Waals surface area (Å²) in [4.78, 5) is 12.2. The number of non-ortho nitro benzene ring substituents is 1. The molecule has 0 saturated carbocycles. The number of hydrogen-bond donors (Lipinski definition) is 2. The highest BCUT2D eigenvalue weighted by Gasteiger charge is 2.16. The van der Waals surface area contributed by atoms with E-state index in [-0.39, 0.29) is 21.9 Å². The first-order chi connectivity index (χ1) is 11.2. The SMILES string of the molecule is Cc1ccc(S(=O)(=O)NN=Cc2cc([N+](=O)[O-])ccc2O)c(C)c1. The van der Waals surface area contributed by atoms with E-state index in [9.17, 15) is 23.6 Å². The number of sulfonamides is 1. The number of benzene rings is 2. The summed E-state index contributed by atoms with van der Waals surface area (Å²) in [5, 5.41) is 23.9. The Morgan fingerprint density at radius 2 is 1.92 bits per heavy atom. The van der Waals surface area contributed by atoms with Crippen LogP contribution in [0.15, 0.2) is 46.4 Å². The predicted octanol–water partition coefficient (Wildman–Crippen LogP) is 2.23. The lowest BCUT2D eigenvalue weighted by molar-refractivity contribution is -0.384. The summed E-state index contributed by atoms with van der Waals surface area (Å²) in [5.41, 5.74) is 1.27. The number of aromatic hydroxyl groups is 1. The summed E-state index contributed by atoms with van der Waals surface area (Å²) >= 11 is 0. The van der Waals surface area contributed by atoms with Gasteiger partial charge in [-0.2, -0.15) is 13.5 Å². The molecular weight excluding hydrogens is 334 g/mol. The van der Waals surface area contributed by atoms with Gasteiger partial charge in [0.1, 0.15) is 5.75 Å². The van der Waals surface area contributed by atoms with Crippen LogP contribution in [0.2, 0.25) is 0 Å². The minimum Gasteiger partial charge on any atom is -0.507 e. The summed E-state index contributed by atoms with van der Waals surface area (Å²) in [6.45, 7) is 3.51. The second-order valence-electron chi connectivity index (χ2n) is 5.12. The molecule has 126 valence electrons. The fraction of sp³-hybridized carbons (Fsp3) is 0.133. The van der Waals surface area contributed by atoms with Crippen LogP contribution < -0.4 is 4.83 Å². The van der Waals surface area contributed by atoms with Gasteiger partial charge in [0.25, 0.3) is 15.7 Å². The third-order valence-corrected chi connectivity index (χ3v) is 4.60. The van der Waals surface area contributed by atoms with Crippen molar-refractivity contribution in [2.24, 2.45) is 5.10 Å². The van der Waals surface area contributed by atoms with Crippen LogP contribution in [-0.2, 0) is 10.0 Å². The maximum atomic E-state index is 12.2. The Labute approximate surface area is 138 Å². The van der Waals surface area contributed by atoms with Crippen molar-refractivity contribution in [2.45, 2.75) is 18.7 Å². The lowest BCUT2D eigenvalue weighted by atomic mass is 10.2. The van der Waals surface area contributed by atoms with Gasteiger partial charge in [-0.25, -0.2) is 4.83 Å². The van der Waals surface area contributed by atoms with Crippen LogP contribution in [-0.4, -0.2) is 24.7 Å². The second kappa shape index (κ2) is 6.67. The fourth-order valence-corrected chi connectivity index (χ4v) is 3.09. The first-order valence-electron chi connectivity index (χ1n) is 6.80. The minimum atomic E-state index is -3.88.